The van der Waals surface area contributed by atoms with Gasteiger partial charge in [0.2, 0.25) is 5.91 Å². The molecule has 3 N–H and O–H groups in total. The lowest BCUT2D eigenvalue weighted by atomic mass is 9.87. The van der Waals surface area contributed by atoms with Crippen molar-refractivity contribution in [1.29, 1.82) is 0 Å². The van der Waals surface area contributed by atoms with Gasteiger partial charge in [0.25, 0.3) is 0 Å². The maximum Gasteiger partial charge on any atom is 0.226 e. The van der Waals surface area contributed by atoms with Crippen LogP contribution in [-0.2, 0) is 4.79 Å². The van der Waals surface area contributed by atoms with Gasteiger partial charge in [0.15, 0.2) is 5.78 Å². The molecule has 0 saturated carbocycles. The molecule has 110 valence electrons. The number of amides is 1. The maximum absolute atomic E-state index is 12.4. The Balaban J connectivity index is 3.08. The van der Waals surface area contributed by atoms with Crippen molar-refractivity contribution in [2.45, 2.75) is 41.0 Å². The van der Waals surface area contributed by atoms with Gasteiger partial charge >= 0.3 is 0 Å². The minimum atomic E-state index is -0.141. The molecule has 0 atom stereocenters. The lowest BCUT2D eigenvalue weighted by Crippen LogP contribution is -2.21. The number of nitrogen functional groups attached to an aromatic ring is 1. The summed E-state index contributed by atoms with van der Waals surface area (Å²) in [5.41, 5.74) is 7.18. The smallest absolute Gasteiger partial charge is 0.226 e. The fourth-order valence-electron chi connectivity index (χ4n) is 1.76. The van der Waals surface area contributed by atoms with Gasteiger partial charge in [-0.25, -0.2) is 0 Å². The third kappa shape index (κ3) is 4.68. The molecule has 4 heteroatoms. The molecule has 0 spiro atoms. The number of Topliss-reactive ketones (excluding diaryl/α,β-unsaturated/α-hetero) is 1. The van der Waals surface area contributed by atoms with Gasteiger partial charge in [-0.2, -0.15) is 0 Å². The standard InChI is InChI=1S/C16H24N2O2/c1-10(2)15(20)18-13-7-6-11(17)8-12(13)14(19)9-16(3,4)5/h6-8,10H,9,17H2,1-5H3,(H,18,20). The molecular weight excluding hydrogens is 252 g/mol. The molecule has 1 aromatic carbocycles. The molecule has 0 fully saturated rings. The number of carbonyl (C=O) groups is 2. The van der Waals surface area contributed by atoms with Gasteiger partial charge in [-0.05, 0) is 23.6 Å². The highest BCUT2D eigenvalue weighted by Crippen LogP contribution is 2.26. The van der Waals surface area contributed by atoms with Crippen LogP contribution in [0.2, 0.25) is 0 Å². The zero-order chi connectivity index (χ0) is 15.5. The molecule has 1 aromatic rings. The number of carbonyl (C=O) groups excluding carboxylic acids is 2. The molecule has 0 unspecified atom stereocenters. The summed E-state index contributed by atoms with van der Waals surface area (Å²) in [6, 6.07) is 5.00. The number of nitrogens with two attached hydrogens (primary N) is 1. The van der Waals surface area contributed by atoms with E-state index in [9.17, 15) is 9.59 Å². The van der Waals surface area contributed by atoms with Crippen LogP contribution >= 0.6 is 0 Å². The Morgan fingerprint density at radius 1 is 1.25 bits per heavy atom. The fourth-order valence-corrected chi connectivity index (χ4v) is 1.76. The maximum atomic E-state index is 12.4. The summed E-state index contributed by atoms with van der Waals surface area (Å²) >= 11 is 0. The number of benzene rings is 1. The van der Waals surface area contributed by atoms with E-state index in [2.05, 4.69) is 5.32 Å². The van der Waals surface area contributed by atoms with Crippen molar-refractivity contribution in [3.63, 3.8) is 0 Å². The van der Waals surface area contributed by atoms with Gasteiger partial charge in [-0.3, -0.25) is 9.59 Å². The van der Waals surface area contributed by atoms with Crippen LogP contribution in [0.3, 0.4) is 0 Å². The zero-order valence-electron chi connectivity index (χ0n) is 12.9. The second kappa shape index (κ2) is 6.07. The molecule has 0 aliphatic rings. The molecule has 1 rings (SSSR count). The number of hydrogen-bond donors (Lipinski definition) is 2. The van der Waals surface area contributed by atoms with Crippen LogP contribution in [0, 0.1) is 11.3 Å². The molecule has 0 saturated heterocycles. The van der Waals surface area contributed by atoms with Crippen LogP contribution < -0.4 is 11.1 Å². The van der Waals surface area contributed by atoms with Crippen molar-refractivity contribution in [3.8, 4) is 0 Å². The molecule has 0 aliphatic heterocycles. The lowest BCUT2D eigenvalue weighted by molar-refractivity contribution is -0.118. The summed E-state index contributed by atoms with van der Waals surface area (Å²) < 4.78 is 0. The molecule has 20 heavy (non-hydrogen) atoms. The van der Waals surface area contributed by atoms with Gasteiger partial charge < -0.3 is 11.1 Å². The zero-order valence-corrected chi connectivity index (χ0v) is 12.9. The quantitative estimate of drug-likeness (QED) is 0.653. The number of ketones is 1. The van der Waals surface area contributed by atoms with E-state index in [-0.39, 0.29) is 23.0 Å². The number of anilines is 2. The van der Waals surface area contributed by atoms with Crippen LogP contribution in [0.4, 0.5) is 11.4 Å². The summed E-state index contributed by atoms with van der Waals surface area (Å²) in [5, 5.41) is 2.79. The van der Waals surface area contributed by atoms with Crippen LogP contribution in [0.1, 0.15) is 51.4 Å². The van der Waals surface area contributed by atoms with Crippen molar-refractivity contribution >= 4 is 23.1 Å². The Morgan fingerprint density at radius 3 is 2.35 bits per heavy atom. The monoisotopic (exact) mass is 276 g/mol. The highest BCUT2D eigenvalue weighted by atomic mass is 16.2. The van der Waals surface area contributed by atoms with Gasteiger partial charge in [0.05, 0.1) is 5.69 Å². The highest BCUT2D eigenvalue weighted by Gasteiger charge is 2.21. The van der Waals surface area contributed by atoms with Gasteiger partial charge in [-0.1, -0.05) is 34.6 Å². The van der Waals surface area contributed by atoms with E-state index in [4.69, 9.17) is 5.73 Å². The first-order valence-electron chi connectivity index (χ1n) is 6.84. The molecule has 0 radical (unpaired) electrons. The van der Waals surface area contributed by atoms with Crippen molar-refractivity contribution in [2.75, 3.05) is 11.1 Å². The average Bonchev–Trinajstić information content (AvgIpc) is 2.28. The van der Waals surface area contributed by atoms with E-state index in [1.807, 2.05) is 34.6 Å². The first-order valence-corrected chi connectivity index (χ1v) is 6.84. The largest absolute Gasteiger partial charge is 0.399 e. The second-order valence-corrected chi connectivity index (χ2v) is 6.61. The molecule has 0 bridgehead atoms. The average molecular weight is 276 g/mol. The summed E-state index contributed by atoms with van der Waals surface area (Å²) in [4.78, 5) is 24.2. The topological polar surface area (TPSA) is 72.2 Å². The predicted molar refractivity (Wildman–Crippen MR) is 82.7 cm³/mol. The molecule has 0 heterocycles. The Morgan fingerprint density at radius 2 is 1.85 bits per heavy atom. The summed E-state index contributed by atoms with van der Waals surface area (Å²) in [6.07, 6.45) is 0.404. The predicted octanol–water partition coefficient (Wildman–Crippen LogP) is 3.48. The highest BCUT2D eigenvalue weighted by molar-refractivity contribution is 6.06. The van der Waals surface area contributed by atoms with Crippen LogP contribution in [0.5, 0.6) is 0 Å². The van der Waals surface area contributed by atoms with Crippen molar-refractivity contribution in [1.82, 2.24) is 0 Å². The fraction of sp³-hybridized carbons (Fsp3) is 0.500. The molecule has 1 amide bonds. The summed E-state index contributed by atoms with van der Waals surface area (Å²) in [6.45, 7) is 9.63. The summed E-state index contributed by atoms with van der Waals surface area (Å²) in [5.74, 6) is -0.262. The van der Waals surface area contributed by atoms with Crippen molar-refractivity contribution in [3.05, 3.63) is 23.8 Å². The SMILES string of the molecule is CC(C)C(=O)Nc1ccc(N)cc1C(=O)CC(C)(C)C. The number of nitrogens with one attached hydrogen (secondary N) is 1. The van der Waals surface area contributed by atoms with E-state index in [0.29, 0.717) is 23.4 Å². The number of hydrogen-bond acceptors (Lipinski definition) is 3. The van der Waals surface area contributed by atoms with E-state index in [0.717, 1.165) is 0 Å². The molecule has 0 aromatic heterocycles. The molecular formula is C16H24N2O2. The van der Waals surface area contributed by atoms with Crippen molar-refractivity contribution in [2.24, 2.45) is 11.3 Å². The number of rotatable bonds is 4. The Bertz CT molecular complexity index is 514. The Kier molecular flexibility index (Phi) is 4.93. The lowest BCUT2D eigenvalue weighted by Gasteiger charge is -2.19. The minimum absolute atomic E-state index is 0.0103. The van der Waals surface area contributed by atoms with Crippen LogP contribution in [0.15, 0.2) is 18.2 Å². The Labute approximate surface area is 120 Å². The van der Waals surface area contributed by atoms with E-state index < -0.39 is 0 Å². The third-order valence-corrected chi connectivity index (χ3v) is 2.82. The first kappa shape index (κ1) is 16.2. The van der Waals surface area contributed by atoms with Gasteiger partial charge in [0, 0.05) is 23.6 Å². The van der Waals surface area contributed by atoms with E-state index >= 15 is 0 Å². The van der Waals surface area contributed by atoms with Crippen LogP contribution in [-0.4, -0.2) is 11.7 Å². The molecule has 4 nitrogen and oxygen atoms in total. The van der Waals surface area contributed by atoms with Gasteiger partial charge in [-0.15, -0.1) is 0 Å². The first-order chi connectivity index (χ1) is 9.10. The van der Waals surface area contributed by atoms with Gasteiger partial charge in [0.1, 0.15) is 0 Å². The third-order valence-electron chi connectivity index (χ3n) is 2.82. The molecule has 0 aliphatic carbocycles. The summed E-state index contributed by atoms with van der Waals surface area (Å²) in [7, 11) is 0. The van der Waals surface area contributed by atoms with Crippen LogP contribution in [0.25, 0.3) is 0 Å². The minimum Gasteiger partial charge on any atom is -0.399 e. The normalized spacial score (nSPS) is 11.5. The Hall–Kier alpha value is -1.84. The van der Waals surface area contributed by atoms with E-state index in [1.54, 1.807) is 18.2 Å². The van der Waals surface area contributed by atoms with Crippen molar-refractivity contribution < 1.29 is 9.59 Å². The second-order valence-electron chi connectivity index (χ2n) is 6.61. The van der Waals surface area contributed by atoms with E-state index in [1.165, 1.54) is 0 Å².